The molecule has 0 saturated heterocycles. The standard InChI is InChI=1S/C7H8/c1-7-5-3-2-4-6-7/h2-5H,1,6H2. The lowest BCUT2D eigenvalue weighted by molar-refractivity contribution is 1.28. The van der Waals surface area contributed by atoms with E-state index < -0.39 is 0 Å². The molecule has 0 N–H and O–H groups in total. The third-order valence-corrected chi connectivity index (χ3v) is 0.959. The van der Waals surface area contributed by atoms with E-state index in [9.17, 15) is 0 Å². The molecule has 7 heavy (non-hydrogen) atoms. The highest BCUT2D eigenvalue weighted by atomic mass is 13.9. The maximum Gasteiger partial charge on any atom is -0.0100 e. The minimum absolute atomic E-state index is 1.02. The lowest BCUT2D eigenvalue weighted by Gasteiger charge is -1.94. The second-order valence-corrected chi connectivity index (χ2v) is 1.65. The van der Waals surface area contributed by atoms with Gasteiger partial charge in [0.15, 0.2) is 0 Å². The van der Waals surface area contributed by atoms with E-state index >= 15 is 0 Å². The quantitative estimate of drug-likeness (QED) is 0.429. The van der Waals surface area contributed by atoms with Crippen LogP contribution in [0, 0.1) is 0 Å². The molecule has 36 valence electrons. The molecule has 0 heteroatoms. The summed E-state index contributed by atoms with van der Waals surface area (Å²) in [5.41, 5.74) is 1.20. The Balaban J connectivity index is 2.66. The van der Waals surface area contributed by atoms with Crippen molar-refractivity contribution in [2.24, 2.45) is 0 Å². The first-order chi connectivity index (χ1) is 3.39. The Hall–Kier alpha value is -0.780. The highest BCUT2D eigenvalue weighted by molar-refractivity contribution is 5.26. The van der Waals surface area contributed by atoms with E-state index in [2.05, 4.69) is 12.7 Å². The fourth-order valence-electron chi connectivity index (χ4n) is 0.558. The maximum atomic E-state index is 3.78. The number of allylic oxidation sites excluding steroid dienone is 5. The number of hydrogen-bond acceptors (Lipinski definition) is 0. The van der Waals surface area contributed by atoms with E-state index in [1.54, 1.807) is 0 Å². The van der Waals surface area contributed by atoms with Crippen molar-refractivity contribution in [1.82, 2.24) is 0 Å². The molecule has 0 atom stereocenters. The minimum atomic E-state index is 1.02. The molecule has 0 aromatic rings. The Kier molecular flexibility index (Phi) is 1.12. The predicted octanol–water partition coefficient (Wildman–Crippen LogP) is 2.06. The van der Waals surface area contributed by atoms with Crippen LogP contribution in [-0.2, 0) is 0 Å². The van der Waals surface area contributed by atoms with Gasteiger partial charge in [0.1, 0.15) is 0 Å². The molecule has 0 fully saturated rings. The van der Waals surface area contributed by atoms with Gasteiger partial charge in [0.25, 0.3) is 0 Å². The van der Waals surface area contributed by atoms with Gasteiger partial charge in [0.05, 0.1) is 0 Å². The number of rotatable bonds is 0. The normalized spacial score (nSPS) is 18.0. The predicted molar refractivity (Wildman–Crippen MR) is 32.0 cm³/mol. The Morgan fingerprint density at radius 2 is 2.29 bits per heavy atom. The van der Waals surface area contributed by atoms with Crippen molar-refractivity contribution in [2.75, 3.05) is 0 Å². The third-order valence-electron chi connectivity index (χ3n) is 0.959. The molecule has 1 aliphatic rings. The van der Waals surface area contributed by atoms with Gasteiger partial charge in [-0.05, 0) is 6.42 Å². The van der Waals surface area contributed by atoms with Gasteiger partial charge in [-0.3, -0.25) is 0 Å². The Morgan fingerprint density at radius 3 is 2.57 bits per heavy atom. The summed E-state index contributed by atoms with van der Waals surface area (Å²) in [4.78, 5) is 0. The Labute approximate surface area is 43.9 Å². The van der Waals surface area contributed by atoms with Gasteiger partial charge in [-0.1, -0.05) is 36.5 Å². The Morgan fingerprint density at radius 1 is 1.43 bits per heavy atom. The van der Waals surface area contributed by atoms with E-state index in [0.717, 1.165) is 6.42 Å². The van der Waals surface area contributed by atoms with Crippen molar-refractivity contribution in [2.45, 2.75) is 6.42 Å². The second-order valence-electron chi connectivity index (χ2n) is 1.65. The minimum Gasteiger partial charge on any atom is -0.0955 e. The molecule has 0 nitrogen and oxygen atoms in total. The summed E-state index contributed by atoms with van der Waals surface area (Å²) < 4.78 is 0. The van der Waals surface area contributed by atoms with Crippen LogP contribution >= 0.6 is 0 Å². The topological polar surface area (TPSA) is 0 Å². The summed E-state index contributed by atoms with van der Waals surface area (Å²) in [6.45, 7) is 3.78. The first kappa shape index (κ1) is 4.38. The van der Waals surface area contributed by atoms with Crippen molar-refractivity contribution in [3.05, 3.63) is 36.5 Å². The van der Waals surface area contributed by atoms with Gasteiger partial charge in [-0.25, -0.2) is 0 Å². The molecular weight excluding hydrogens is 84.1 g/mol. The molecule has 0 radical (unpaired) electrons. The smallest absolute Gasteiger partial charge is 0.0100 e. The molecule has 0 spiro atoms. The van der Waals surface area contributed by atoms with Crippen molar-refractivity contribution in [1.29, 1.82) is 0 Å². The van der Waals surface area contributed by atoms with Gasteiger partial charge >= 0.3 is 0 Å². The van der Waals surface area contributed by atoms with Crippen LogP contribution in [0.25, 0.3) is 0 Å². The van der Waals surface area contributed by atoms with E-state index in [1.807, 2.05) is 18.2 Å². The first-order valence-corrected chi connectivity index (χ1v) is 2.40. The zero-order chi connectivity index (χ0) is 5.11. The average molecular weight is 92.1 g/mol. The van der Waals surface area contributed by atoms with E-state index in [1.165, 1.54) is 5.57 Å². The second kappa shape index (κ2) is 1.78. The molecule has 1 aliphatic carbocycles. The van der Waals surface area contributed by atoms with Crippen LogP contribution in [0.2, 0.25) is 0 Å². The largest absolute Gasteiger partial charge is 0.0955 e. The lowest BCUT2D eigenvalue weighted by Crippen LogP contribution is -1.74. The average Bonchev–Trinajstić information content (AvgIpc) is 1.69. The van der Waals surface area contributed by atoms with Gasteiger partial charge in [0, 0.05) is 0 Å². The molecule has 0 saturated carbocycles. The Bertz CT molecular complexity index is 127. The molecule has 0 aromatic carbocycles. The molecular formula is C7H8. The van der Waals surface area contributed by atoms with Crippen molar-refractivity contribution in [3.8, 4) is 0 Å². The molecule has 0 heterocycles. The summed E-state index contributed by atoms with van der Waals surface area (Å²) in [7, 11) is 0. The monoisotopic (exact) mass is 92.1 g/mol. The van der Waals surface area contributed by atoms with Crippen LogP contribution in [0.15, 0.2) is 36.5 Å². The summed E-state index contributed by atoms with van der Waals surface area (Å²) in [5, 5.41) is 0. The third kappa shape index (κ3) is 1.04. The summed E-state index contributed by atoms with van der Waals surface area (Å²) in [6, 6.07) is 0. The van der Waals surface area contributed by atoms with Gasteiger partial charge in [0.2, 0.25) is 0 Å². The van der Waals surface area contributed by atoms with E-state index in [4.69, 9.17) is 0 Å². The van der Waals surface area contributed by atoms with E-state index in [0.29, 0.717) is 0 Å². The zero-order valence-electron chi connectivity index (χ0n) is 4.22. The fourth-order valence-corrected chi connectivity index (χ4v) is 0.558. The van der Waals surface area contributed by atoms with Crippen molar-refractivity contribution < 1.29 is 0 Å². The van der Waals surface area contributed by atoms with Crippen molar-refractivity contribution >= 4 is 0 Å². The molecule has 1 rings (SSSR count). The van der Waals surface area contributed by atoms with Crippen LogP contribution in [-0.4, -0.2) is 0 Å². The molecule has 0 bridgehead atoms. The highest BCUT2D eigenvalue weighted by Crippen LogP contribution is 2.05. The molecule has 0 aromatic heterocycles. The number of hydrogen-bond donors (Lipinski definition) is 0. The SMILES string of the molecule is C=C1C=CC=CC1. The van der Waals surface area contributed by atoms with Gasteiger partial charge in [-0.15, -0.1) is 0 Å². The van der Waals surface area contributed by atoms with Crippen LogP contribution in [0.3, 0.4) is 0 Å². The van der Waals surface area contributed by atoms with E-state index in [-0.39, 0.29) is 0 Å². The molecule has 0 amide bonds. The summed E-state index contributed by atoms with van der Waals surface area (Å²) in [6.07, 6.45) is 9.19. The summed E-state index contributed by atoms with van der Waals surface area (Å²) in [5.74, 6) is 0. The molecule has 0 unspecified atom stereocenters. The van der Waals surface area contributed by atoms with Crippen LogP contribution in [0.1, 0.15) is 6.42 Å². The summed E-state index contributed by atoms with van der Waals surface area (Å²) >= 11 is 0. The van der Waals surface area contributed by atoms with Crippen molar-refractivity contribution in [3.63, 3.8) is 0 Å². The van der Waals surface area contributed by atoms with Crippen LogP contribution < -0.4 is 0 Å². The van der Waals surface area contributed by atoms with Gasteiger partial charge < -0.3 is 0 Å². The fraction of sp³-hybridized carbons (Fsp3) is 0.143. The highest BCUT2D eigenvalue weighted by Gasteiger charge is 1.84. The van der Waals surface area contributed by atoms with Gasteiger partial charge in [-0.2, -0.15) is 0 Å². The zero-order valence-corrected chi connectivity index (χ0v) is 4.22. The lowest BCUT2D eigenvalue weighted by atomic mass is 10.1. The first-order valence-electron chi connectivity index (χ1n) is 2.40. The van der Waals surface area contributed by atoms with Crippen LogP contribution in [0.4, 0.5) is 0 Å². The molecule has 0 aliphatic heterocycles. The van der Waals surface area contributed by atoms with Crippen LogP contribution in [0.5, 0.6) is 0 Å². The maximum absolute atomic E-state index is 3.78.